The van der Waals surface area contributed by atoms with Crippen molar-refractivity contribution >= 4 is 16.9 Å². The van der Waals surface area contributed by atoms with E-state index in [1.54, 1.807) is 4.90 Å². The number of benzene rings is 2. The van der Waals surface area contributed by atoms with Crippen molar-refractivity contribution in [2.75, 3.05) is 46.0 Å². The third-order valence-electron chi connectivity index (χ3n) is 6.85. The average molecular weight is 495 g/mol. The maximum Gasteiger partial charge on any atom is 0.290 e. The Labute approximate surface area is 209 Å². The molecule has 1 fully saturated rings. The van der Waals surface area contributed by atoms with E-state index in [0.29, 0.717) is 32.1 Å². The quantitative estimate of drug-likeness (QED) is 0.411. The van der Waals surface area contributed by atoms with Crippen molar-refractivity contribution in [1.82, 2.24) is 9.80 Å². The van der Waals surface area contributed by atoms with Gasteiger partial charge in [0.2, 0.25) is 5.76 Å². The number of rotatable bonds is 9. The molecule has 7 nitrogen and oxygen atoms in total. The molecule has 0 saturated carbocycles. The molecule has 1 amide bonds. The van der Waals surface area contributed by atoms with Crippen molar-refractivity contribution in [3.63, 3.8) is 0 Å². The van der Waals surface area contributed by atoms with Crippen LogP contribution in [0.15, 0.2) is 51.7 Å². The molecule has 190 valence electrons. The Morgan fingerprint density at radius 1 is 1.06 bits per heavy atom. The van der Waals surface area contributed by atoms with Crippen LogP contribution < -0.4 is 10.2 Å². The fourth-order valence-electron chi connectivity index (χ4n) is 4.97. The van der Waals surface area contributed by atoms with E-state index in [2.05, 4.69) is 11.8 Å². The van der Waals surface area contributed by atoms with Gasteiger partial charge < -0.3 is 18.8 Å². The van der Waals surface area contributed by atoms with Crippen LogP contribution in [-0.2, 0) is 4.74 Å². The number of fused-ring (bicyclic) bond motifs is 2. The largest absolute Gasteiger partial charge is 0.494 e. The highest BCUT2D eigenvalue weighted by Gasteiger charge is 2.42. The summed E-state index contributed by atoms with van der Waals surface area (Å²) in [5, 5.41) is 0.136. The second kappa shape index (κ2) is 10.8. The van der Waals surface area contributed by atoms with Gasteiger partial charge in [0.25, 0.3) is 5.91 Å². The van der Waals surface area contributed by atoms with Gasteiger partial charge in [0, 0.05) is 26.2 Å². The number of halogens is 1. The van der Waals surface area contributed by atoms with Gasteiger partial charge in [-0.25, -0.2) is 4.39 Å². The molecule has 2 aliphatic heterocycles. The van der Waals surface area contributed by atoms with Crippen LogP contribution in [0.1, 0.15) is 53.9 Å². The predicted molar refractivity (Wildman–Crippen MR) is 134 cm³/mol. The van der Waals surface area contributed by atoms with Crippen LogP contribution in [0, 0.1) is 5.82 Å². The Morgan fingerprint density at radius 3 is 2.69 bits per heavy atom. The van der Waals surface area contributed by atoms with Crippen molar-refractivity contribution in [3.8, 4) is 5.75 Å². The lowest BCUT2D eigenvalue weighted by molar-refractivity contribution is 0.0353. The molecule has 0 N–H and O–H groups in total. The van der Waals surface area contributed by atoms with Crippen LogP contribution in [0.2, 0.25) is 0 Å². The summed E-state index contributed by atoms with van der Waals surface area (Å²) in [5.41, 5.74) is 0.858. The smallest absolute Gasteiger partial charge is 0.290 e. The Balaban J connectivity index is 1.51. The highest BCUT2D eigenvalue weighted by atomic mass is 19.1. The predicted octanol–water partition coefficient (Wildman–Crippen LogP) is 4.38. The van der Waals surface area contributed by atoms with Gasteiger partial charge in [-0.1, -0.05) is 25.5 Å². The van der Waals surface area contributed by atoms with Gasteiger partial charge in [-0.15, -0.1) is 0 Å². The first kappa shape index (κ1) is 24.5. The van der Waals surface area contributed by atoms with Crippen LogP contribution in [0.5, 0.6) is 5.75 Å². The van der Waals surface area contributed by atoms with Gasteiger partial charge in [-0.2, -0.15) is 0 Å². The molecule has 0 aliphatic carbocycles. The number of nitrogens with zero attached hydrogens (tertiary/aromatic N) is 2. The summed E-state index contributed by atoms with van der Waals surface area (Å²) in [6.07, 6.45) is 2.70. The zero-order valence-electron chi connectivity index (χ0n) is 20.5. The summed E-state index contributed by atoms with van der Waals surface area (Å²) in [7, 11) is 0. The summed E-state index contributed by atoms with van der Waals surface area (Å²) in [4.78, 5) is 31.2. The summed E-state index contributed by atoms with van der Waals surface area (Å²) >= 11 is 0. The average Bonchev–Trinajstić information content (AvgIpc) is 3.17. The first-order valence-electron chi connectivity index (χ1n) is 12.7. The van der Waals surface area contributed by atoms with E-state index in [0.717, 1.165) is 44.5 Å². The molecule has 2 aliphatic rings. The first-order chi connectivity index (χ1) is 17.6. The van der Waals surface area contributed by atoms with E-state index in [1.807, 2.05) is 24.3 Å². The second-order valence-corrected chi connectivity index (χ2v) is 9.30. The monoisotopic (exact) mass is 494 g/mol. The molecular formula is C28H31FN2O5. The number of unbranched alkanes of at least 4 members (excludes halogenated alkanes) is 1. The maximum absolute atomic E-state index is 14.0. The third-order valence-corrected chi connectivity index (χ3v) is 6.85. The fourth-order valence-corrected chi connectivity index (χ4v) is 4.97. The van der Waals surface area contributed by atoms with Crippen molar-refractivity contribution in [3.05, 3.63) is 75.4 Å². The van der Waals surface area contributed by atoms with Crippen LogP contribution in [0.4, 0.5) is 4.39 Å². The molecule has 0 unspecified atom stereocenters. The zero-order chi connectivity index (χ0) is 25.1. The first-order valence-corrected chi connectivity index (χ1v) is 12.7. The number of amides is 1. The molecule has 36 heavy (non-hydrogen) atoms. The molecule has 0 spiro atoms. The van der Waals surface area contributed by atoms with Crippen molar-refractivity contribution < 1.29 is 23.1 Å². The molecule has 3 heterocycles. The highest BCUT2D eigenvalue weighted by Crippen LogP contribution is 2.39. The number of morpholine rings is 1. The van der Waals surface area contributed by atoms with E-state index in [4.69, 9.17) is 13.9 Å². The van der Waals surface area contributed by atoms with Crippen molar-refractivity contribution in [2.24, 2.45) is 0 Å². The molecule has 5 rings (SSSR count). The second-order valence-electron chi connectivity index (χ2n) is 9.30. The normalized spacial score (nSPS) is 18.1. The van der Waals surface area contributed by atoms with Crippen LogP contribution in [-0.4, -0.2) is 61.7 Å². The molecular weight excluding hydrogens is 463 g/mol. The standard InChI is InChI=1S/C28H31FN2O5/c1-2-3-14-35-21-7-4-6-19(17-21)25-24-26(32)22-18-20(29)8-9-23(22)36-27(24)28(33)31(25)11-5-10-30-12-15-34-16-13-30/h4,6-9,17-18,25H,2-3,5,10-16H2,1H3/t25-/m0/s1. The minimum Gasteiger partial charge on any atom is -0.494 e. The van der Waals surface area contributed by atoms with E-state index >= 15 is 0 Å². The van der Waals surface area contributed by atoms with Gasteiger partial charge in [0.15, 0.2) is 5.43 Å². The van der Waals surface area contributed by atoms with Crippen molar-refractivity contribution in [2.45, 2.75) is 32.2 Å². The van der Waals surface area contributed by atoms with E-state index in [-0.39, 0.29) is 33.6 Å². The Kier molecular flexibility index (Phi) is 7.34. The highest BCUT2D eigenvalue weighted by molar-refractivity contribution is 5.99. The van der Waals surface area contributed by atoms with Gasteiger partial charge in [-0.05, 0) is 48.7 Å². The number of hydrogen-bond acceptors (Lipinski definition) is 6. The van der Waals surface area contributed by atoms with Gasteiger partial charge in [0.05, 0.1) is 36.8 Å². The number of hydrogen-bond donors (Lipinski definition) is 0. The topological polar surface area (TPSA) is 72.2 Å². The minimum absolute atomic E-state index is 0.0350. The molecule has 1 atom stereocenters. The van der Waals surface area contributed by atoms with Crippen LogP contribution in [0.25, 0.3) is 11.0 Å². The summed E-state index contributed by atoms with van der Waals surface area (Å²) in [6, 6.07) is 10.7. The van der Waals surface area contributed by atoms with Gasteiger partial charge >= 0.3 is 0 Å². The SMILES string of the molecule is CCCCOc1cccc([C@H]2c3c(oc4ccc(F)cc4c3=O)C(=O)N2CCCN2CCOCC2)c1. The number of ether oxygens (including phenoxy) is 2. The molecule has 1 aromatic heterocycles. The number of carbonyl (C=O) groups is 1. The molecule has 2 aromatic carbocycles. The fraction of sp³-hybridized carbons (Fsp3) is 0.429. The van der Waals surface area contributed by atoms with E-state index in [1.165, 1.54) is 18.2 Å². The van der Waals surface area contributed by atoms with Crippen LogP contribution >= 0.6 is 0 Å². The molecule has 3 aromatic rings. The lowest BCUT2D eigenvalue weighted by Gasteiger charge is -2.29. The molecule has 8 heteroatoms. The molecule has 0 bridgehead atoms. The van der Waals surface area contributed by atoms with Gasteiger partial charge in [0.1, 0.15) is 17.1 Å². The Hall–Kier alpha value is -3.23. The summed E-state index contributed by atoms with van der Waals surface area (Å²) in [5.74, 6) is -0.124. The molecule has 1 saturated heterocycles. The molecule has 0 radical (unpaired) electrons. The minimum atomic E-state index is -0.629. The Bertz CT molecular complexity index is 1300. The maximum atomic E-state index is 14.0. The Morgan fingerprint density at radius 2 is 1.89 bits per heavy atom. The lowest BCUT2D eigenvalue weighted by atomic mass is 9.98. The summed E-state index contributed by atoms with van der Waals surface area (Å²) < 4.78 is 31.2. The lowest BCUT2D eigenvalue weighted by Crippen LogP contribution is -2.38. The van der Waals surface area contributed by atoms with Crippen molar-refractivity contribution in [1.29, 1.82) is 0 Å². The van der Waals surface area contributed by atoms with Gasteiger partial charge in [-0.3, -0.25) is 14.5 Å². The number of carbonyl (C=O) groups excluding carboxylic acids is 1. The summed E-state index contributed by atoms with van der Waals surface area (Å²) in [6.45, 7) is 7.13. The zero-order valence-corrected chi connectivity index (χ0v) is 20.5. The van der Waals surface area contributed by atoms with Crippen LogP contribution in [0.3, 0.4) is 0 Å². The van der Waals surface area contributed by atoms with E-state index in [9.17, 15) is 14.0 Å². The third kappa shape index (κ3) is 4.88. The van der Waals surface area contributed by atoms with E-state index < -0.39 is 11.9 Å².